The minimum Gasteiger partial charge on any atom is -0.310 e. The maximum absolute atomic E-state index is 4.24. The SMILES string of the molecule is c1ccc(N(c2ccc(-c3ccncc3)cc2)c2cc(-c3ccc4c5c(cccc35)-c3ccccc3-4)cc(-c3ccc4c5c(cccc35)-c3ccccc3-4)c2)cc1. The molecule has 12 rings (SSSR count). The molecular formula is C55H34N2. The van der Waals surface area contributed by atoms with Crippen LogP contribution >= 0.6 is 0 Å². The summed E-state index contributed by atoms with van der Waals surface area (Å²) in [6, 6.07) is 71.6. The average Bonchev–Trinajstić information content (AvgIpc) is 3.79. The fraction of sp³-hybridized carbons (Fsp3) is 0. The first-order valence-corrected chi connectivity index (χ1v) is 19.6. The summed E-state index contributed by atoms with van der Waals surface area (Å²) in [4.78, 5) is 6.64. The minimum absolute atomic E-state index is 1.09. The molecule has 0 amide bonds. The van der Waals surface area contributed by atoms with Crippen LogP contribution in [0.1, 0.15) is 0 Å². The number of hydrogen-bond donors (Lipinski definition) is 0. The Hall–Kier alpha value is -7.55. The Kier molecular flexibility index (Phi) is 6.96. The van der Waals surface area contributed by atoms with Crippen molar-refractivity contribution in [1.82, 2.24) is 4.98 Å². The second-order valence-electron chi connectivity index (χ2n) is 15.1. The fourth-order valence-electron chi connectivity index (χ4n) is 9.54. The van der Waals surface area contributed by atoms with Crippen LogP contribution < -0.4 is 4.90 Å². The maximum Gasteiger partial charge on any atom is 0.0473 e. The van der Waals surface area contributed by atoms with E-state index in [4.69, 9.17) is 0 Å². The van der Waals surface area contributed by atoms with Gasteiger partial charge in [-0.15, -0.1) is 0 Å². The Balaban J connectivity index is 1.11. The molecule has 57 heavy (non-hydrogen) atoms. The summed E-state index contributed by atoms with van der Waals surface area (Å²) in [6.45, 7) is 0. The standard InChI is InChI=1S/C55H34N2/c1-2-10-39(11-3-1)57(40-22-20-35(21-23-40)36-28-30-56-31-29-36)41-33-37(42-24-26-52-46-14-6-4-12-44(46)50-18-8-16-48(42)54(50)52)32-38(34-41)43-25-27-53-47-15-7-5-13-45(47)51-19-9-17-49(43)55(51)53/h1-34H. The van der Waals surface area contributed by atoms with Crippen molar-refractivity contribution in [3.8, 4) is 77.9 Å². The zero-order chi connectivity index (χ0) is 37.5. The van der Waals surface area contributed by atoms with E-state index in [1.54, 1.807) is 0 Å². The number of anilines is 3. The molecule has 0 spiro atoms. The van der Waals surface area contributed by atoms with Gasteiger partial charge in [0.05, 0.1) is 0 Å². The van der Waals surface area contributed by atoms with Gasteiger partial charge in [-0.05, 0) is 154 Å². The molecule has 0 saturated heterocycles. The van der Waals surface area contributed by atoms with E-state index < -0.39 is 0 Å². The van der Waals surface area contributed by atoms with Crippen molar-refractivity contribution in [2.24, 2.45) is 0 Å². The highest BCUT2D eigenvalue weighted by molar-refractivity contribution is 6.20. The van der Waals surface area contributed by atoms with Crippen molar-refractivity contribution in [2.45, 2.75) is 0 Å². The smallest absolute Gasteiger partial charge is 0.0473 e. The van der Waals surface area contributed by atoms with E-state index in [-0.39, 0.29) is 0 Å². The highest BCUT2D eigenvalue weighted by atomic mass is 15.1. The third-order valence-corrected chi connectivity index (χ3v) is 12.0. The molecule has 0 aliphatic heterocycles. The van der Waals surface area contributed by atoms with E-state index in [1.807, 2.05) is 12.4 Å². The summed E-state index contributed by atoms with van der Waals surface area (Å²) >= 11 is 0. The Morgan fingerprint density at radius 1 is 0.263 bits per heavy atom. The van der Waals surface area contributed by atoms with Crippen LogP contribution in [0.15, 0.2) is 207 Å². The van der Waals surface area contributed by atoms with Crippen molar-refractivity contribution in [1.29, 1.82) is 0 Å². The second kappa shape index (κ2) is 12.5. The van der Waals surface area contributed by atoms with Crippen LogP contribution in [-0.4, -0.2) is 4.98 Å². The van der Waals surface area contributed by atoms with E-state index >= 15 is 0 Å². The van der Waals surface area contributed by atoms with E-state index in [0.29, 0.717) is 0 Å². The fourth-order valence-corrected chi connectivity index (χ4v) is 9.54. The molecule has 0 radical (unpaired) electrons. The van der Waals surface area contributed by atoms with Gasteiger partial charge in [-0.3, -0.25) is 4.98 Å². The molecule has 0 saturated carbocycles. The lowest BCUT2D eigenvalue weighted by molar-refractivity contribution is 1.28. The first-order valence-electron chi connectivity index (χ1n) is 19.6. The Labute approximate surface area is 331 Å². The number of benzene rings is 9. The largest absolute Gasteiger partial charge is 0.310 e. The van der Waals surface area contributed by atoms with Gasteiger partial charge in [0.2, 0.25) is 0 Å². The number of hydrogen-bond acceptors (Lipinski definition) is 2. The molecule has 2 aliphatic carbocycles. The summed E-state index contributed by atoms with van der Waals surface area (Å²) < 4.78 is 0. The highest BCUT2D eigenvalue weighted by Crippen LogP contribution is 2.52. The quantitative estimate of drug-likeness (QED) is 0.170. The van der Waals surface area contributed by atoms with Crippen molar-refractivity contribution >= 4 is 38.6 Å². The lowest BCUT2D eigenvalue weighted by Crippen LogP contribution is -2.10. The lowest BCUT2D eigenvalue weighted by Gasteiger charge is -2.27. The van der Waals surface area contributed by atoms with E-state index in [0.717, 1.165) is 28.2 Å². The molecule has 1 heterocycles. The third kappa shape index (κ3) is 4.87. The topological polar surface area (TPSA) is 16.1 Å². The normalized spacial score (nSPS) is 11.9. The number of nitrogens with zero attached hydrogens (tertiary/aromatic N) is 2. The number of rotatable bonds is 6. The maximum atomic E-state index is 4.24. The third-order valence-electron chi connectivity index (χ3n) is 12.0. The summed E-state index contributed by atoms with van der Waals surface area (Å²) in [6.07, 6.45) is 3.70. The Bertz CT molecular complexity index is 3010. The molecule has 0 bridgehead atoms. The zero-order valence-corrected chi connectivity index (χ0v) is 31.0. The zero-order valence-electron chi connectivity index (χ0n) is 31.0. The van der Waals surface area contributed by atoms with E-state index in [9.17, 15) is 0 Å². The van der Waals surface area contributed by atoms with Crippen molar-refractivity contribution < 1.29 is 0 Å². The van der Waals surface area contributed by atoms with Crippen LogP contribution in [0, 0.1) is 0 Å². The van der Waals surface area contributed by atoms with Gasteiger partial charge in [0, 0.05) is 29.5 Å². The van der Waals surface area contributed by atoms with Gasteiger partial charge in [-0.25, -0.2) is 0 Å². The summed E-state index contributed by atoms with van der Waals surface area (Å²) in [5, 5.41) is 5.21. The molecular weight excluding hydrogens is 689 g/mol. The first kappa shape index (κ1) is 31.8. The van der Waals surface area contributed by atoms with Crippen molar-refractivity contribution in [3.05, 3.63) is 207 Å². The van der Waals surface area contributed by atoms with Gasteiger partial charge >= 0.3 is 0 Å². The van der Waals surface area contributed by atoms with Crippen LogP contribution in [0.25, 0.3) is 99.4 Å². The monoisotopic (exact) mass is 722 g/mol. The molecule has 264 valence electrons. The molecule has 2 aliphatic rings. The molecule has 2 nitrogen and oxygen atoms in total. The minimum atomic E-state index is 1.09. The second-order valence-corrected chi connectivity index (χ2v) is 15.1. The van der Waals surface area contributed by atoms with Gasteiger partial charge in [-0.2, -0.15) is 0 Å². The van der Waals surface area contributed by atoms with Crippen LogP contribution in [0.5, 0.6) is 0 Å². The number of pyridine rings is 1. The van der Waals surface area contributed by atoms with E-state index in [1.165, 1.54) is 88.3 Å². The van der Waals surface area contributed by atoms with Crippen LogP contribution in [0.3, 0.4) is 0 Å². The molecule has 0 N–H and O–H groups in total. The highest BCUT2D eigenvalue weighted by Gasteiger charge is 2.25. The van der Waals surface area contributed by atoms with Gasteiger partial charge in [0.15, 0.2) is 0 Å². The predicted molar refractivity (Wildman–Crippen MR) is 239 cm³/mol. The van der Waals surface area contributed by atoms with Crippen molar-refractivity contribution in [2.75, 3.05) is 4.90 Å². The number of fused-ring (bicyclic) bond motifs is 6. The number of para-hydroxylation sites is 1. The van der Waals surface area contributed by atoms with Crippen LogP contribution in [0.4, 0.5) is 17.1 Å². The lowest BCUT2D eigenvalue weighted by atomic mass is 9.89. The van der Waals surface area contributed by atoms with E-state index in [2.05, 4.69) is 204 Å². The Morgan fingerprint density at radius 2 is 0.684 bits per heavy atom. The molecule has 9 aromatic carbocycles. The molecule has 0 fully saturated rings. The predicted octanol–water partition coefficient (Wildman–Crippen LogP) is 15.2. The summed E-state index contributed by atoms with van der Waals surface area (Å²) in [5.74, 6) is 0. The molecule has 2 heteroatoms. The first-order chi connectivity index (χ1) is 28.3. The molecule has 0 unspecified atom stereocenters. The summed E-state index contributed by atoms with van der Waals surface area (Å²) in [5.41, 5.74) is 20.9. The number of aromatic nitrogens is 1. The van der Waals surface area contributed by atoms with Gasteiger partial charge < -0.3 is 4.90 Å². The van der Waals surface area contributed by atoms with Gasteiger partial charge in [-0.1, -0.05) is 140 Å². The summed E-state index contributed by atoms with van der Waals surface area (Å²) in [7, 11) is 0. The average molecular weight is 723 g/mol. The van der Waals surface area contributed by atoms with Crippen LogP contribution in [0.2, 0.25) is 0 Å². The Morgan fingerprint density at radius 3 is 1.21 bits per heavy atom. The van der Waals surface area contributed by atoms with Crippen molar-refractivity contribution in [3.63, 3.8) is 0 Å². The van der Waals surface area contributed by atoms with Gasteiger partial charge in [0.25, 0.3) is 0 Å². The molecule has 1 aromatic heterocycles. The molecule has 10 aromatic rings. The van der Waals surface area contributed by atoms with Crippen LogP contribution in [-0.2, 0) is 0 Å². The molecule has 0 atom stereocenters. The van der Waals surface area contributed by atoms with Gasteiger partial charge in [0.1, 0.15) is 0 Å².